The van der Waals surface area contributed by atoms with E-state index in [-0.39, 0.29) is 30.8 Å². The maximum absolute atomic E-state index is 10.9. The van der Waals surface area contributed by atoms with E-state index in [4.69, 9.17) is 14.2 Å². The van der Waals surface area contributed by atoms with E-state index in [1.165, 1.54) is 11.1 Å². The molecular formula is C23H37NO5. The smallest absolute Gasteiger partial charge is 0.161 e. The molecule has 2 N–H and O–H groups in total. The second-order valence-corrected chi connectivity index (χ2v) is 9.71. The van der Waals surface area contributed by atoms with Crippen LogP contribution < -0.4 is 9.47 Å². The van der Waals surface area contributed by atoms with Crippen molar-refractivity contribution in [3.63, 3.8) is 0 Å². The summed E-state index contributed by atoms with van der Waals surface area (Å²) in [5.41, 5.74) is 2.69. The Hall–Kier alpha value is -1.34. The highest BCUT2D eigenvalue weighted by Gasteiger charge is 2.39. The number of fused-ring (bicyclic) bond motifs is 3. The highest BCUT2D eigenvalue weighted by molar-refractivity contribution is 5.49. The van der Waals surface area contributed by atoms with Gasteiger partial charge in [0.05, 0.1) is 19.8 Å². The topological polar surface area (TPSA) is 71.4 Å². The third kappa shape index (κ3) is 5.43. The third-order valence-electron chi connectivity index (χ3n) is 6.04. The lowest BCUT2D eigenvalue weighted by molar-refractivity contribution is -0.0259. The molecule has 6 heteroatoms. The Morgan fingerprint density at radius 2 is 1.93 bits per heavy atom. The number of aliphatic hydroxyl groups excluding tert-OH is 2. The van der Waals surface area contributed by atoms with Crippen molar-refractivity contribution in [2.75, 3.05) is 40.5 Å². The van der Waals surface area contributed by atoms with E-state index < -0.39 is 6.10 Å². The van der Waals surface area contributed by atoms with Gasteiger partial charge in [0.1, 0.15) is 12.7 Å². The highest BCUT2D eigenvalue weighted by atomic mass is 16.5. The van der Waals surface area contributed by atoms with E-state index in [2.05, 4.69) is 31.7 Å². The van der Waals surface area contributed by atoms with Crippen LogP contribution in [-0.4, -0.2) is 67.8 Å². The zero-order valence-corrected chi connectivity index (χ0v) is 18.5. The summed E-state index contributed by atoms with van der Waals surface area (Å²) in [7, 11) is 3.19. The van der Waals surface area contributed by atoms with Gasteiger partial charge in [-0.05, 0) is 53.9 Å². The number of ether oxygens (including phenoxy) is 3. The van der Waals surface area contributed by atoms with Crippen LogP contribution in [0.4, 0.5) is 0 Å². The van der Waals surface area contributed by atoms with Crippen molar-refractivity contribution < 1.29 is 24.4 Å². The molecule has 2 heterocycles. The second kappa shape index (κ2) is 9.21. The lowest BCUT2D eigenvalue weighted by atomic mass is 9.75. The molecule has 0 amide bonds. The molecule has 0 aromatic heterocycles. The number of rotatable bonds is 7. The summed E-state index contributed by atoms with van der Waals surface area (Å²) >= 11 is 0. The van der Waals surface area contributed by atoms with Crippen molar-refractivity contribution in [3.05, 3.63) is 23.3 Å². The number of piperidine rings is 1. The molecule has 0 bridgehead atoms. The number of nitrogens with zero attached hydrogens (tertiary/aromatic N) is 1. The van der Waals surface area contributed by atoms with Crippen LogP contribution in [0.5, 0.6) is 11.5 Å². The average Bonchev–Trinajstić information content (AvgIpc) is 2.65. The van der Waals surface area contributed by atoms with Crippen molar-refractivity contribution in [2.24, 2.45) is 11.3 Å². The van der Waals surface area contributed by atoms with E-state index in [0.717, 1.165) is 32.4 Å². The maximum atomic E-state index is 10.9. The molecule has 1 unspecified atom stereocenters. The predicted molar refractivity (Wildman–Crippen MR) is 113 cm³/mol. The van der Waals surface area contributed by atoms with Crippen LogP contribution in [0, 0.1) is 11.3 Å². The summed E-state index contributed by atoms with van der Waals surface area (Å²) in [4.78, 5) is 2.52. The first kappa shape index (κ1) is 22.3. The van der Waals surface area contributed by atoms with Gasteiger partial charge in [0.25, 0.3) is 0 Å². The lowest BCUT2D eigenvalue weighted by Crippen LogP contribution is -2.48. The first-order valence-corrected chi connectivity index (χ1v) is 10.6. The van der Waals surface area contributed by atoms with Crippen molar-refractivity contribution in [2.45, 2.75) is 58.3 Å². The Bertz CT molecular complexity index is 687. The predicted octanol–water partition coefficient (Wildman–Crippen LogP) is 2.80. The molecule has 2 aliphatic rings. The van der Waals surface area contributed by atoms with E-state index in [1.807, 2.05) is 6.07 Å². The monoisotopic (exact) mass is 407 g/mol. The second-order valence-electron chi connectivity index (χ2n) is 9.71. The first-order chi connectivity index (χ1) is 13.7. The number of aliphatic hydroxyl groups is 2. The van der Waals surface area contributed by atoms with Crippen molar-refractivity contribution >= 4 is 0 Å². The molecule has 0 radical (unpaired) electrons. The standard InChI is InChI=1S/C23H37NO5/c1-23(2,3)11-16-12-24-7-6-15-8-22(29-14-17(25)13-27-4)21(28-5)9-18(15)19(24)10-20(16)26/h8-9,16-17,19-20,25-26H,6-7,10-14H2,1-5H3/t16-,17?,19-,20-/m1/s1. The zero-order chi connectivity index (χ0) is 21.2. The van der Waals surface area contributed by atoms with Crippen LogP contribution in [0.3, 0.4) is 0 Å². The molecule has 0 aliphatic carbocycles. The van der Waals surface area contributed by atoms with Gasteiger partial charge >= 0.3 is 0 Å². The zero-order valence-electron chi connectivity index (χ0n) is 18.5. The molecule has 0 saturated carbocycles. The van der Waals surface area contributed by atoms with Gasteiger partial charge < -0.3 is 24.4 Å². The van der Waals surface area contributed by atoms with E-state index in [1.54, 1.807) is 14.2 Å². The minimum Gasteiger partial charge on any atom is -0.493 e. The van der Waals surface area contributed by atoms with E-state index in [0.29, 0.717) is 17.4 Å². The first-order valence-electron chi connectivity index (χ1n) is 10.6. The largest absolute Gasteiger partial charge is 0.493 e. The van der Waals surface area contributed by atoms with Crippen molar-refractivity contribution in [3.8, 4) is 11.5 Å². The van der Waals surface area contributed by atoms with Gasteiger partial charge in [0, 0.05) is 26.2 Å². The fourth-order valence-electron chi connectivity index (χ4n) is 4.79. The maximum Gasteiger partial charge on any atom is 0.161 e. The minimum absolute atomic E-state index is 0.158. The summed E-state index contributed by atoms with van der Waals surface area (Å²) in [6, 6.07) is 4.31. The number of hydrogen-bond acceptors (Lipinski definition) is 6. The van der Waals surface area contributed by atoms with E-state index in [9.17, 15) is 10.2 Å². The number of methoxy groups -OCH3 is 2. The minimum atomic E-state index is -0.676. The van der Waals surface area contributed by atoms with E-state index >= 15 is 0 Å². The van der Waals surface area contributed by atoms with Gasteiger partial charge in [-0.25, -0.2) is 0 Å². The normalized spacial score (nSPS) is 25.8. The molecule has 3 rings (SSSR count). The summed E-state index contributed by atoms with van der Waals surface area (Å²) in [5, 5.41) is 20.7. The fraction of sp³-hybridized carbons (Fsp3) is 0.739. The third-order valence-corrected chi connectivity index (χ3v) is 6.04. The Morgan fingerprint density at radius 1 is 1.17 bits per heavy atom. The average molecular weight is 408 g/mol. The Morgan fingerprint density at radius 3 is 2.59 bits per heavy atom. The van der Waals surface area contributed by atoms with Gasteiger partial charge in [-0.1, -0.05) is 20.8 Å². The summed E-state index contributed by atoms with van der Waals surface area (Å²) < 4.78 is 16.4. The summed E-state index contributed by atoms with van der Waals surface area (Å²) in [6.07, 6.45) is 1.77. The Balaban J connectivity index is 1.77. The van der Waals surface area contributed by atoms with Crippen LogP contribution in [-0.2, 0) is 11.2 Å². The molecule has 4 atom stereocenters. The Labute approximate surface area is 174 Å². The highest BCUT2D eigenvalue weighted by Crippen LogP contribution is 2.44. The fourth-order valence-corrected chi connectivity index (χ4v) is 4.79. The molecule has 29 heavy (non-hydrogen) atoms. The molecule has 1 aromatic rings. The van der Waals surface area contributed by atoms with Crippen molar-refractivity contribution in [1.29, 1.82) is 0 Å². The van der Waals surface area contributed by atoms with Crippen molar-refractivity contribution in [1.82, 2.24) is 4.90 Å². The molecule has 1 fully saturated rings. The summed E-state index contributed by atoms with van der Waals surface area (Å²) in [5.74, 6) is 1.64. The molecular weight excluding hydrogens is 370 g/mol. The van der Waals surface area contributed by atoms with Crippen LogP contribution in [0.15, 0.2) is 12.1 Å². The number of benzene rings is 1. The lowest BCUT2D eigenvalue weighted by Gasteiger charge is -2.47. The molecule has 1 saturated heterocycles. The van der Waals surface area contributed by atoms with Gasteiger partial charge in [0.2, 0.25) is 0 Å². The van der Waals surface area contributed by atoms with Gasteiger partial charge in [0.15, 0.2) is 11.5 Å². The van der Waals surface area contributed by atoms with Crippen LogP contribution in [0.1, 0.15) is 50.8 Å². The Kier molecular flexibility index (Phi) is 7.10. The molecule has 0 spiro atoms. The van der Waals surface area contributed by atoms with Crippen LogP contribution in [0.25, 0.3) is 0 Å². The van der Waals surface area contributed by atoms with Gasteiger partial charge in [-0.2, -0.15) is 0 Å². The molecule has 164 valence electrons. The van der Waals surface area contributed by atoms with Crippen LogP contribution >= 0.6 is 0 Å². The quantitative estimate of drug-likeness (QED) is 0.724. The molecule has 2 aliphatic heterocycles. The number of hydrogen-bond donors (Lipinski definition) is 2. The molecule has 6 nitrogen and oxygen atoms in total. The van der Waals surface area contributed by atoms with Gasteiger partial charge in [-0.3, -0.25) is 4.90 Å². The summed E-state index contributed by atoms with van der Waals surface area (Å²) in [6.45, 7) is 9.05. The SMILES string of the molecule is COCC(O)COc1cc2c(cc1OC)[C@H]1C[C@@H](O)[C@H](CC(C)(C)C)CN1CC2. The molecule has 1 aromatic carbocycles. The van der Waals surface area contributed by atoms with Crippen LogP contribution in [0.2, 0.25) is 0 Å². The van der Waals surface area contributed by atoms with Gasteiger partial charge in [-0.15, -0.1) is 0 Å².